The molecule has 3 aromatic rings. The van der Waals surface area contributed by atoms with Gasteiger partial charge in [0, 0.05) is 18.3 Å². The number of hydrogen-bond acceptors (Lipinski definition) is 4. The molecule has 0 amide bonds. The monoisotopic (exact) mass is 352 g/mol. The van der Waals surface area contributed by atoms with E-state index in [0.717, 1.165) is 16.5 Å². The molecule has 1 aromatic heterocycles. The number of hydrogen-bond donors (Lipinski definition) is 0. The smallest absolute Gasteiger partial charge is 0.151 e. The molecule has 5 heteroatoms. The van der Waals surface area contributed by atoms with Gasteiger partial charge in [0.25, 0.3) is 0 Å². The molecule has 0 aliphatic carbocycles. The molecular weight excluding hydrogens is 334 g/mol. The highest BCUT2D eigenvalue weighted by atomic mass is 32.2. The minimum absolute atomic E-state index is 0.207. The molecule has 0 bridgehead atoms. The average Bonchev–Trinajstić information content (AvgIpc) is 2.63. The van der Waals surface area contributed by atoms with E-state index < -0.39 is 16.3 Å². The minimum atomic E-state index is -2.50. The number of ketones is 1. The topological polar surface area (TPSA) is 70.1 Å². The SMILES string of the molecule is O=C(CCCc1ccccn1)C(c1cccc2ccccc12)S(=O)[O-]. The van der Waals surface area contributed by atoms with Crippen molar-refractivity contribution in [2.45, 2.75) is 24.5 Å². The van der Waals surface area contributed by atoms with Crippen molar-refractivity contribution in [3.05, 3.63) is 78.1 Å². The largest absolute Gasteiger partial charge is 0.772 e. The molecular formula is C20H18NO3S-. The van der Waals surface area contributed by atoms with Crippen molar-refractivity contribution in [3.8, 4) is 0 Å². The predicted molar refractivity (Wildman–Crippen MR) is 97.8 cm³/mol. The number of fused-ring (bicyclic) bond motifs is 1. The summed E-state index contributed by atoms with van der Waals surface area (Å²) in [6.07, 6.45) is 3.15. The molecule has 0 spiro atoms. The molecule has 3 rings (SSSR count). The van der Waals surface area contributed by atoms with E-state index in [2.05, 4.69) is 4.98 Å². The highest BCUT2D eigenvalue weighted by Gasteiger charge is 2.23. The summed E-state index contributed by atoms with van der Waals surface area (Å²) in [6.45, 7) is 0. The van der Waals surface area contributed by atoms with E-state index in [0.29, 0.717) is 18.4 Å². The number of carbonyl (C=O) groups excluding carboxylic acids is 1. The Bertz CT molecular complexity index is 890. The Morgan fingerprint density at radius 3 is 2.56 bits per heavy atom. The van der Waals surface area contributed by atoms with Gasteiger partial charge in [0.05, 0.1) is 0 Å². The fourth-order valence-corrected chi connectivity index (χ4v) is 3.73. The van der Waals surface area contributed by atoms with Crippen LogP contribution < -0.4 is 0 Å². The summed E-state index contributed by atoms with van der Waals surface area (Å²) >= 11 is -2.50. The third-order valence-corrected chi connectivity index (χ3v) is 5.07. The Balaban J connectivity index is 1.78. The van der Waals surface area contributed by atoms with Crippen LogP contribution in [-0.2, 0) is 22.3 Å². The molecule has 2 atom stereocenters. The zero-order chi connectivity index (χ0) is 17.6. The van der Waals surface area contributed by atoms with Crippen LogP contribution in [0.4, 0.5) is 0 Å². The van der Waals surface area contributed by atoms with Crippen molar-refractivity contribution in [1.82, 2.24) is 4.98 Å². The van der Waals surface area contributed by atoms with Crippen molar-refractivity contribution in [3.63, 3.8) is 0 Å². The number of aryl methyl sites for hydroxylation is 1. The Kier molecular flexibility index (Phi) is 5.68. The van der Waals surface area contributed by atoms with Crippen molar-refractivity contribution in [2.75, 3.05) is 0 Å². The third-order valence-electron chi connectivity index (χ3n) is 4.17. The van der Waals surface area contributed by atoms with Gasteiger partial charge in [-0.05, 0) is 52.4 Å². The van der Waals surface area contributed by atoms with Crippen LogP contribution in [0.15, 0.2) is 66.9 Å². The summed E-state index contributed by atoms with van der Waals surface area (Å²) in [7, 11) is 0. The first-order chi connectivity index (χ1) is 12.2. The Labute approximate surface area is 149 Å². The number of carbonyl (C=O) groups is 1. The zero-order valence-electron chi connectivity index (χ0n) is 13.6. The first-order valence-corrected chi connectivity index (χ1v) is 9.29. The first kappa shape index (κ1) is 17.5. The second-order valence-corrected chi connectivity index (χ2v) is 6.84. The summed E-state index contributed by atoms with van der Waals surface area (Å²) in [4.78, 5) is 16.8. The van der Waals surface area contributed by atoms with Gasteiger partial charge < -0.3 is 4.55 Å². The minimum Gasteiger partial charge on any atom is -0.772 e. The summed E-state index contributed by atoms with van der Waals surface area (Å²) in [5.41, 5.74) is 1.45. The molecule has 0 N–H and O–H groups in total. The van der Waals surface area contributed by atoms with Crippen molar-refractivity contribution < 1.29 is 13.6 Å². The van der Waals surface area contributed by atoms with Crippen molar-refractivity contribution in [1.29, 1.82) is 0 Å². The fraction of sp³-hybridized carbons (Fsp3) is 0.200. The molecule has 0 aliphatic rings. The highest BCUT2D eigenvalue weighted by Crippen LogP contribution is 2.29. The Hall–Kier alpha value is -2.37. The lowest BCUT2D eigenvalue weighted by molar-refractivity contribution is -0.118. The van der Waals surface area contributed by atoms with E-state index in [1.807, 2.05) is 48.5 Å². The molecule has 2 unspecified atom stereocenters. The highest BCUT2D eigenvalue weighted by molar-refractivity contribution is 7.80. The maximum Gasteiger partial charge on any atom is 0.151 e. The second-order valence-electron chi connectivity index (χ2n) is 5.85. The maximum absolute atomic E-state index is 12.6. The van der Waals surface area contributed by atoms with Crippen LogP contribution in [0.1, 0.15) is 29.3 Å². The molecule has 2 aromatic carbocycles. The normalized spacial score (nSPS) is 13.5. The van der Waals surface area contributed by atoms with Gasteiger partial charge in [0.15, 0.2) is 5.78 Å². The molecule has 0 aliphatic heterocycles. The van der Waals surface area contributed by atoms with Crippen LogP contribution in [0.5, 0.6) is 0 Å². The summed E-state index contributed by atoms with van der Waals surface area (Å²) in [6, 6.07) is 18.6. The van der Waals surface area contributed by atoms with Gasteiger partial charge in [-0.1, -0.05) is 48.5 Å². The lowest BCUT2D eigenvalue weighted by Gasteiger charge is -2.20. The quantitative estimate of drug-likeness (QED) is 0.607. The van der Waals surface area contributed by atoms with Crippen LogP contribution in [0.3, 0.4) is 0 Å². The average molecular weight is 352 g/mol. The number of rotatable bonds is 7. The van der Waals surface area contributed by atoms with Gasteiger partial charge in [-0.15, -0.1) is 0 Å². The Morgan fingerprint density at radius 1 is 1.04 bits per heavy atom. The van der Waals surface area contributed by atoms with Gasteiger partial charge in [0.2, 0.25) is 0 Å². The van der Waals surface area contributed by atoms with Crippen LogP contribution in [0.2, 0.25) is 0 Å². The number of nitrogens with zero attached hydrogens (tertiary/aromatic N) is 1. The summed E-state index contributed by atoms with van der Waals surface area (Å²) in [5.74, 6) is -0.277. The second kappa shape index (κ2) is 8.14. The third kappa shape index (κ3) is 4.18. The first-order valence-electron chi connectivity index (χ1n) is 8.15. The van der Waals surface area contributed by atoms with E-state index in [-0.39, 0.29) is 12.2 Å². The van der Waals surface area contributed by atoms with Gasteiger partial charge in [0.1, 0.15) is 5.25 Å². The molecule has 4 nitrogen and oxygen atoms in total. The molecule has 1 heterocycles. The lowest BCUT2D eigenvalue weighted by atomic mass is 9.98. The maximum atomic E-state index is 12.6. The van der Waals surface area contributed by atoms with E-state index in [4.69, 9.17) is 0 Å². The van der Waals surface area contributed by atoms with Crippen LogP contribution in [0, 0.1) is 0 Å². The lowest BCUT2D eigenvalue weighted by Crippen LogP contribution is -2.18. The molecule has 0 saturated carbocycles. The molecule has 0 saturated heterocycles. The van der Waals surface area contributed by atoms with Gasteiger partial charge >= 0.3 is 0 Å². The predicted octanol–water partition coefficient (Wildman–Crippen LogP) is 3.75. The van der Waals surface area contributed by atoms with Crippen molar-refractivity contribution >= 4 is 27.6 Å². The Morgan fingerprint density at radius 2 is 1.80 bits per heavy atom. The van der Waals surface area contributed by atoms with E-state index in [1.54, 1.807) is 18.3 Å². The number of aromatic nitrogens is 1. The van der Waals surface area contributed by atoms with Crippen LogP contribution in [0.25, 0.3) is 10.8 Å². The number of benzene rings is 2. The molecule has 128 valence electrons. The van der Waals surface area contributed by atoms with Crippen molar-refractivity contribution in [2.24, 2.45) is 0 Å². The van der Waals surface area contributed by atoms with Gasteiger partial charge in [-0.25, -0.2) is 0 Å². The van der Waals surface area contributed by atoms with E-state index >= 15 is 0 Å². The number of pyridine rings is 1. The van der Waals surface area contributed by atoms with Crippen LogP contribution >= 0.6 is 0 Å². The molecule has 0 radical (unpaired) electrons. The molecule has 0 fully saturated rings. The van der Waals surface area contributed by atoms with E-state index in [1.165, 1.54) is 0 Å². The number of Topliss-reactive ketones (excluding diaryl/α,β-unsaturated/α-hetero) is 1. The van der Waals surface area contributed by atoms with Crippen LogP contribution in [-0.4, -0.2) is 19.5 Å². The fourth-order valence-electron chi connectivity index (χ4n) is 2.98. The zero-order valence-corrected chi connectivity index (χ0v) is 14.4. The van der Waals surface area contributed by atoms with Gasteiger partial charge in [-0.3, -0.25) is 14.0 Å². The standard InChI is InChI=1S/C20H19NO3S/c22-19(13-6-10-16-9-3-4-14-21-16)20(25(23)24)18-12-5-8-15-7-1-2-11-17(15)18/h1-5,7-9,11-12,14,20H,6,10,13H2,(H,23,24)/p-1. The van der Waals surface area contributed by atoms with Gasteiger partial charge in [-0.2, -0.15) is 0 Å². The van der Waals surface area contributed by atoms with E-state index in [9.17, 15) is 13.6 Å². The molecule has 25 heavy (non-hydrogen) atoms. The summed E-state index contributed by atoms with van der Waals surface area (Å²) < 4.78 is 23.6. The summed E-state index contributed by atoms with van der Waals surface area (Å²) in [5, 5.41) is 0.601.